The van der Waals surface area contributed by atoms with Crippen LogP contribution >= 0.6 is 0 Å². The molecule has 0 spiro atoms. The Labute approximate surface area is 128 Å². The summed E-state index contributed by atoms with van der Waals surface area (Å²) in [6.07, 6.45) is 0. The molecular formula is C12H17N7O2S. The van der Waals surface area contributed by atoms with Gasteiger partial charge in [0.1, 0.15) is 5.82 Å². The van der Waals surface area contributed by atoms with E-state index in [0.717, 1.165) is 0 Å². The number of hydrogen-bond donors (Lipinski definition) is 3. The van der Waals surface area contributed by atoms with E-state index in [4.69, 9.17) is 5.73 Å². The van der Waals surface area contributed by atoms with Crippen molar-refractivity contribution in [3.05, 3.63) is 24.3 Å². The van der Waals surface area contributed by atoms with Crippen LogP contribution in [0.1, 0.15) is 0 Å². The third-order valence-corrected chi connectivity index (χ3v) is 4.25. The molecule has 0 radical (unpaired) electrons. The van der Waals surface area contributed by atoms with E-state index in [9.17, 15) is 8.42 Å². The van der Waals surface area contributed by atoms with Crippen LogP contribution < -0.4 is 15.4 Å². The molecular weight excluding hydrogens is 306 g/mol. The van der Waals surface area contributed by atoms with Crippen molar-refractivity contribution in [2.24, 2.45) is 10.2 Å². The fourth-order valence-corrected chi connectivity index (χ4v) is 2.46. The van der Waals surface area contributed by atoms with Gasteiger partial charge in [0.25, 0.3) is 0 Å². The number of azo groups is 1. The minimum Gasteiger partial charge on any atom is -0.382 e. The molecule has 4 N–H and O–H groups in total. The second-order valence-corrected chi connectivity index (χ2v) is 6.50. The fraction of sp³-hybridized carbons (Fsp3) is 0.250. The summed E-state index contributed by atoms with van der Waals surface area (Å²) in [6, 6.07) is 6.12. The number of sulfonamides is 1. The van der Waals surface area contributed by atoms with Crippen molar-refractivity contribution in [2.45, 2.75) is 4.90 Å². The monoisotopic (exact) mass is 323 g/mol. The lowest BCUT2D eigenvalue weighted by molar-refractivity contribution is 0.588. The Morgan fingerprint density at radius 2 is 2.05 bits per heavy atom. The van der Waals surface area contributed by atoms with Gasteiger partial charge in [0, 0.05) is 14.1 Å². The summed E-state index contributed by atoms with van der Waals surface area (Å²) in [5.41, 5.74) is 6.55. The van der Waals surface area contributed by atoms with Crippen LogP contribution in [0.4, 0.5) is 23.0 Å². The molecule has 1 aromatic heterocycles. The van der Waals surface area contributed by atoms with Crippen molar-refractivity contribution in [3.8, 4) is 0 Å². The quantitative estimate of drug-likeness (QED) is 0.716. The van der Waals surface area contributed by atoms with Gasteiger partial charge in [0.2, 0.25) is 10.0 Å². The first kappa shape index (κ1) is 15.9. The number of aromatic nitrogens is 2. The highest BCUT2D eigenvalue weighted by atomic mass is 32.2. The molecule has 22 heavy (non-hydrogen) atoms. The second-order valence-electron chi connectivity index (χ2n) is 4.61. The highest BCUT2D eigenvalue weighted by molar-refractivity contribution is 7.89. The lowest BCUT2D eigenvalue weighted by atomic mass is 10.3. The van der Waals surface area contributed by atoms with E-state index in [1.165, 1.54) is 19.2 Å². The summed E-state index contributed by atoms with van der Waals surface area (Å²) in [7, 11) is 1.42. The standard InChI is InChI=1S/C12H17N7O2S/c1-14-22(20,21)9-6-4-5-8(7-9)15-16-10-11(13)17-18-12(10)19(2)3/h4-7,14H,1-3H3,(H3,13,17,18). The van der Waals surface area contributed by atoms with E-state index in [-0.39, 0.29) is 10.7 Å². The van der Waals surface area contributed by atoms with Crippen LogP contribution in [0, 0.1) is 0 Å². The van der Waals surface area contributed by atoms with Crippen LogP contribution in [0.2, 0.25) is 0 Å². The number of H-pyrrole nitrogens is 1. The highest BCUT2D eigenvalue weighted by Gasteiger charge is 2.13. The molecule has 1 heterocycles. The molecule has 0 unspecified atom stereocenters. The molecule has 0 amide bonds. The summed E-state index contributed by atoms with van der Waals surface area (Å²) in [4.78, 5) is 1.85. The molecule has 10 heteroatoms. The maximum Gasteiger partial charge on any atom is 0.240 e. The van der Waals surface area contributed by atoms with Crippen molar-refractivity contribution >= 4 is 33.0 Å². The second kappa shape index (κ2) is 6.12. The van der Waals surface area contributed by atoms with Crippen LogP contribution in [0.25, 0.3) is 0 Å². The highest BCUT2D eigenvalue weighted by Crippen LogP contribution is 2.32. The van der Waals surface area contributed by atoms with E-state index in [1.54, 1.807) is 31.1 Å². The van der Waals surface area contributed by atoms with Gasteiger partial charge >= 0.3 is 0 Å². The lowest BCUT2D eigenvalue weighted by Crippen LogP contribution is -2.18. The summed E-state index contributed by atoms with van der Waals surface area (Å²) in [5.74, 6) is 0.826. The van der Waals surface area contributed by atoms with Gasteiger partial charge in [-0.1, -0.05) is 6.07 Å². The Hall–Kier alpha value is -2.46. The zero-order valence-electron chi connectivity index (χ0n) is 12.4. The number of hydrogen-bond acceptors (Lipinski definition) is 7. The molecule has 2 aromatic rings. The van der Waals surface area contributed by atoms with Crippen LogP contribution in [-0.2, 0) is 10.0 Å². The summed E-state index contributed by atoms with van der Waals surface area (Å²) in [6.45, 7) is 0. The number of benzene rings is 1. The van der Waals surface area contributed by atoms with Crippen LogP contribution in [-0.4, -0.2) is 39.8 Å². The van der Waals surface area contributed by atoms with E-state index in [2.05, 4.69) is 25.1 Å². The summed E-state index contributed by atoms with van der Waals surface area (Å²) < 4.78 is 25.8. The zero-order chi connectivity index (χ0) is 16.3. The van der Waals surface area contributed by atoms with E-state index in [1.807, 2.05) is 0 Å². The Morgan fingerprint density at radius 3 is 2.68 bits per heavy atom. The Bertz CT molecular complexity index is 796. The van der Waals surface area contributed by atoms with Crippen molar-refractivity contribution in [2.75, 3.05) is 31.8 Å². The van der Waals surface area contributed by atoms with Crippen LogP contribution in [0.15, 0.2) is 39.4 Å². The maximum absolute atomic E-state index is 11.8. The van der Waals surface area contributed by atoms with E-state index < -0.39 is 10.0 Å². The van der Waals surface area contributed by atoms with Gasteiger partial charge in [-0.15, -0.1) is 5.11 Å². The molecule has 0 aliphatic rings. The van der Waals surface area contributed by atoms with Crippen molar-refractivity contribution in [3.63, 3.8) is 0 Å². The van der Waals surface area contributed by atoms with Gasteiger partial charge in [0.05, 0.1) is 10.6 Å². The molecule has 1 aromatic carbocycles. The Kier molecular flexibility index (Phi) is 4.43. The predicted molar refractivity (Wildman–Crippen MR) is 84.2 cm³/mol. The van der Waals surface area contributed by atoms with Gasteiger partial charge in [-0.2, -0.15) is 10.2 Å². The molecule has 2 rings (SSSR count). The normalized spacial score (nSPS) is 12.0. The van der Waals surface area contributed by atoms with E-state index >= 15 is 0 Å². The minimum absolute atomic E-state index is 0.111. The molecule has 0 bridgehead atoms. The van der Waals surface area contributed by atoms with Gasteiger partial charge in [-0.3, -0.25) is 5.10 Å². The number of anilines is 2. The average Bonchev–Trinajstić information content (AvgIpc) is 2.86. The third kappa shape index (κ3) is 3.23. The molecule has 0 saturated heterocycles. The van der Waals surface area contributed by atoms with Gasteiger partial charge < -0.3 is 10.6 Å². The Morgan fingerprint density at radius 1 is 1.32 bits per heavy atom. The number of nitrogen functional groups attached to an aromatic ring is 1. The van der Waals surface area contributed by atoms with Crippen molar-refractivity contribution in [1.82, 2.24) is 14.9 Å². The predicted octanol–water partition coefficient (Wildman–Crippen LogP) is 1.38. The SMILES string of the molecule is CNS(=O)(=O)c1cccc(N=Nc2c(N(C)C)n[nH]c2N)c1. The fourth-order valence-electron chi connectivity index (χ4n) is 1.69. The van der Waals surface area contributed by atoms with Crippen LogP contribution in [0.5, 0.6) is 0 Å². The number of nitrogens with two attached hydrogens (primary N) is 1. The molecule has 0 aliphatic carbocycles. The first-order valence-electron chi connectivity index (χ1n) is 6.31. The summed E-state index contributed by atoms with van der Waals surface area (Å²) >= 11 is 0. The average molecular weight is 323 g/mol. The Balaban J connectivity index is 2.36. The zero-order valence-corrected chi connectivity index (χ0v) is 13.2. The molecule has 0 atom stereocenters. The minimum atomic E-state index is -3.53. The number of nitrogens with one attached hydrogen (secondary N) is 2. The molecule has 0 fully saturated rings. The lowest BCUT2D eigenvalue weighted by Gasteiger charge is -2.07. The topological polar surface area (TPSA) is 129 Å². The maximum atomic E-state index is 11.8. The molecule has 0 aliphatic heterocycles. The van der Waals surface area contributed by atoms with Crippen LogP contribution in [0.3, 0.4) is 0 Å². The first-order valence-corrected chi connectivity index (χ1v) is 7.80. The largest absolute Gasteiger partial charge is 0.382 e. The van der Waals surface area contributed by atoms with Crippen molar-refractivity contribution in [1.29, 1.82) is 0 Å². The number of nitrogens with zero attached hydrogens (tertiary/aromatic N) is 4. The van der Waals surface area contributed by atoms with Gasteiger partial charge in [0.15, 0.2) is 11.5 Å². The van der Waals surface area contributed by atoms with E-state index in [0.29, 0.717) is 17.2 Å². The number of aromatic amines is 1. The van der Waals surface area contributed by atoms with Gasteiger partial charge in [-0.25, -0.2) is 13.1 Å². The molecule has 118 valence electrons. The summed E-state index contributed by atoms with van der Waals surface area (Å²) in [5, 5.41) is 14.7. The molecule has 9 nitrogen and oxygen atoms in total. The van der Waals surface area contributed by atoms with Gasteiger partial charge in [-0.05, 0) is 25.2 Å². The smallest absolute Gasteiger partial charge is 0.240 e. The van der Waals surface area contributed by atoms with Crippen molar-refractivity contribution < 1.29 is 8.42 Å². The molecule has 0 saturated carbocycles. The number of rotatable bonds is 5. The first-order chi connectivity index (χ1) is 10.3. The third-order valence-electron chi connectivity index (χ3n) is 2.83.